The maximum atomic E-state index is 12.4. The first-order chi connectivity index (χ1) is 11.3. The van der Waals surface area contributed by atoms with Crippen LogP contribution in [-0.4, -0.2) is 32.9 Å². The Bertz CT molecular complexity index is 754. The average molecular weight is 326 g/mol. The van der Waals surface area contributed by atoms with Gasteiger partial charge in [0.1, 0.15) is 5.82 Å². The van der Waals surface area contributed by atoms with Crippen LogP contribution in [-0.2, 0) is 0 Å². The lowest BCUT2D eigenvalue weighted by molar-refractivity contribution is 0.0934. The van der Waals surface area contributed by atoms with Crippen LogP contribution in [0.3, 0.4) is 0 Å². The summed E-state index contributed by atoms with van der Waals surface area (Å²) in [6, 6.07) is 11.2. The highest BCUT2D eigenvalue weighted by molar-refractivity contribution is 7.98. The number of fused-ring (bicyclic) bond motifs is 1. The molecule has 0 saturated carbocycles. The van der Waals surface area contributed by atoms with E-state index in [1.54, 1.807) is 36.3 Å². The van der Waals surface area contributed by atoms with E-state index in [-0.39, 0.29) is 11.9 Å². The number of amides is 1. The van der Waals surface area contributed by atoms with E-state index in [4.69, 9.17) is 0 Å². The molecule has 0 aliphatic heterocycles. The second-order valence-corrected chi connectivity index (χ2v) is 6.17. The molecular weight excluding hydrogens is 308 g/mol. The fraction of sp³-hybridized carbons (Fsp3) is 0.235. The number of thioether (sulfide) groups is 1. The van der Waals surface area contributed by atoms with Gasteiger partial charge in [0.15, 0.2) is 0 Å². The molecule has 0 spiro atoms. The van der Waals surface area contributed by atoms with Gasteiger partial charge in [-0.25, -0.2) is 4.98 Å². The molecule has 23 heavy (non-hydrogen) atoms. The minimum Gasteiger partial charge on any atom is -0.342 e. The summed E-state index contributed by atoms with van der Waals surface area (Å²) >= 11 is 1.75. The molecule has 0 saturated heterocycles. The van der Waals surface area contributed by atoms with Crippen LogP contribution in [0.5, 0.6) is 0 Å². The minimum atomic E-state index is -0.143. The standard InChI is InChI=1S/C17H18N4OS/c1-23-11-8-15(21-17(22)12-6-9-18-10-7-12)16-19-13-4-2-3-5-14(13)20-16/h2-7,9-10,15H,8,11H2,1H3,(H,19,20)(H,21,22)/t15-/m1/s1. The molecule has 6 heteroatoms. The molecule has 2 heterocycles. The van der Waals surface area contributed by atoms with Crippen LogP contribution >= 0.6 is 11.8 Å². The molecule has 0 unspecified atom stereocenters. The molecule has 1 atom stereocenters. The number of imidazole rings is 1. The third-order valence-electron chi connectivity index (χ3n) is 3.60. The number of aromatic nitrogens is 3. The molecule has 118 valence electrons. The van der Waals surface area contributed by atoms with E-state index < -0.39 is 0 Å². The van der Waals surface area contributed by atoms with Gasteiger partial charge < -0.3 is 10.3 Å². The first-order valence-electron chi connectivity index (χ1n) is 7.42. The first-order valence-corrected chi connectivity index (χ1v) is 8.82. The van der Waals surface area contributed by atoms with E-state index >= 15 is 0 Å². The summed E-state index contributed by atoms with van der Waals surface area (Å²) in [6.45, 7) is 0. The lowest BCUT2D eigenvalue weighted by Gasteiger charge is -2.16. The largest absolute Gasteiger partial charge is 0.342 e. The summed E-state index contributed by atoms with van der Waals surface area (Å²) in [4.78, 5) is 24.3. The van der Waals surface area contributed by atoms with E-state index in [0.29, 0.717) is 5.56 Å². The van der Waals surface area contributed by atoms with Crippen LogP contribution in [0.25, 0.3) is 11.0 Å². The van der Waals surface area contributed by atoms with E-state index in [9.17, 15) is 4.79 Å². The lowest BCUT2D eigenvalue weighted by atomic mass is 10.2. The second kappa shape index (κ2) is 7.28. The molecule has 0 radical (unpaired) electrons. The molecule has 3 aromatic rings. The normalized spacial score (nSPS) is 12.2. The SMILES string of the molecule is CSCC[C@@H](NC(=O)c1ccncc1)c1nc2ccccc2[nH]1. The van der Waals surface area contributed by atoms with Crippen LogP contribution in [0.15, 0.2) is 48.8 Å². The van der Waals surface area contributed by atoms with Crippen molar-refractivity contribution in [3.05, 3.63) is 60.2 Å². The highest BCUT2D eigenvalue weighted by Gasteiger charge is 2.18. The van der Waals surface area contributed by atoms with Gasteiger partial charge in [0.25, 0.3) is 5.91 Å². The van der Waals surface area contributed by atoms with Crippen LogP contribution in [0.2, 0.25) is 0 Å². The van der Waals surface area contributed by atoms with Crippen LogP contribution in [0.1, 0.15) is 28.6 Å². The van der Waals surface area contributed by atoms with Gasteiger partial charge in [0, 0.05) is 18.0 Å². The molecule has 5 nitrogen and oxygen atoms in total. The van der Waals surface area contributed by atoms with Crippen molar-refractivity contribution in [1.82, 2.24) is 20.3 Å². The van der Waals surface area contributed by atoms with Crippen molar-refractivity contribution >= 4 is 28.7 Å². The number of nitrogens with one attached hydrogen (secondary N) is 2. The topological polar surface area (TPSA) is 70.7 Å². The number of benzene rings is 1. The van der Waals surface area contributed by atoms with E-state index in [1.165, 1.54) is 0 Å². The number of aromatic amines is 1. The number of hydrogen-bond donors (Lipinski definition) is 2. The van der Waals surface area contributed by atoms with Gasteiger partial charge in [-0.15, -0.1) is 0 Å². The summed E-state index contributed by atoms with van der Waals surface area (Å²) < 4.78 is 0. The molecule has 0 bridgehead atoms. The van der Waals surface area contributed by atoms with E-state index in [0.717, 1.165) is 29.0 Å². The summed E-state index contributed by atoms with van der Waals surface area (Å²) in [5, 5.41) is 3.07. The zero-order valence-electron chi connectivity index (χ0n) is 12.8. The van der Waals surface area contributed by atoms with Gasteiger partial charge in [0.2, 0.25) is 0 Å². The van der Waals surface area contributed by atoms with Gasteiger partial charge in [0.05, 0.1) is 17.1 Å². The van der Waals surface area contributed by atoms with E-state index in [2.05, 4.69) is 26.5 Å². The molecule has 1 aromatic carbocycles. The highest BCUT2D eigenvalue weighted by atomic mass is 32.2. The zero-order valence-corrected chi connectivity index (χ0v) is 13.6. The number of carbonyl (C=O) groups is 1. The molecule has 3 rings (SSSR count). The van der Waals surface area contributed by atoms with Crippen molar-refractivity contribution in [3.8, 4) is 0 Å². The van der Waals surface area contributed by atoms with Crippen molar-refractivity contribution in [2.45, 2.75) is 12.5 Å². The maximum absolute atomic E-state index is 12.4. The Hall–Kier alpha value is -2.34. The van der Waals surface area contributed by atoms with Crippen molar-refractivity contribution in [2.75, 3.05) is 12.0 Å². The predicted molar refractivity (Wildman–Crippen MR) is 93.5 cm³/mol. The van der Waals surface area contributed by atoms with E-state index in [1.807, 2.05) is 24.3 Å². The van der Waals surface area contributed by atoms with Crippen LogP contribution in [0, 0.1) is 0 Å². The fourth-order valence-electron chi connectivity index (χ4n) is 2.40. The Morgan fingerprint density at radius 1 is 1.26 bits per heavy atom. The Labute approximate surface area is 138 Å². The summed E-state index contributed by atoms with van der Waals surface area (Å²) in [7, 11) is 0. The summed E-state index contributed by atoms with van der Waals surface area (Å²) in [6.07, 6.45) is 6.11. The van der Waals surface area contributed by atoms with Gasteiger partial charge in [-0.05, 0) is 42.7 Å². The summed E-state index contributed by atoms with van der Waals surface area (Å²) in [5.74, 6) is 1.62. The number of carbonyl (C=O) groups excluding carboxylic acids is 1. The van der Waals surface area contributed by atoms with Crippen molar-refractivity contribution in [2.24, 2.45) is 0 Å². The van der Waals surface area contributed by atoms with Crippen molar-refractivity contribution in [3.63, 3.8) is 0 Å². The second-order valence-electron chi connectivity index (χ2n) is 5.18. The Morgan fingerprint density at radius 2 is 2.04 bits per heavy atom. The van der Waals surface area contributed by atoms with Crippen LogP contribution in [0.4, 0.5) is 0 Å². The molecule has 0 aliphatic carbocycles. The highest BCUT2D eigenvalue weighted by Crippen LogP contribution is 2.20. The molecule has 0 aliphatic rings. The third kappa shape index (κ3) is 3.71. The fourth-order valence-corrected chi connectivity index (χ4v) is 2.87. The Balaban J connectivity index is 1.83. The van der Waals surface area contributed by atoms with Gasteiger partial charge in [-0.1, -0.05) is 12.1 Å². The number of para-hydroxylation sites is 2. The smallest absolute Gasteiger partial charge is 0.251 e. The molecule has 0 fully saturated rings. The average Bonchev–Trinajstić information content (AvgIpc) is 3.03. The molecule has 2 N–H and O–H groups in total. The summed E-state index contributed by atoms with van der Waals surface area (Å²) in [5.41, 5.74) is 2.50. The first kappa shape index (κ1) is 15.6. The molecule has 2 aromatic heterocycles. The van der Waals surface area contributed by atoms with Gasteiger partial charge in [-0.2, -0.15) is 11.8 Å². The number of pyridine rings is 1. The van der Waals surface area contributed by atoms with Gasteiger partial charge in [-0.3, -0.25) is 9.78 Å². The Kier molecular flexibility index (Phi) is 4.92. The molecular formula is C17H18N4OS. The maximum Gasteiger partial charge on any atom is 0.251 e. The van der Waals surface area contributed by atoms with Crippen LogP contribution < -0.4 is 5.32 Å². The third-order valence-corrected chi connectivity index (χ3v) is 4.24. The zero-order chi connectivity index (χ0) is 16.1. The monoisotopic (exact) mass is 326 g/mol. The Morgan fingerprint density at radius 3 is 2.78 bits per heavy atom. The molecule has 1 amide bonds. The number of hydrogen-bond acceptors (Lipinski definition) is 4. The van der Waals surface area contributed by atoms with Gasteiger partial charge >= 0.3 is 0 Å². The number of nitrogens with zero attached hydrogens (tertiary/aromatic N) is 2. The number of rotatable bonds is 6. The number of H-pyrrole nitrogens is 1. The quantitative estimate of drug-likeness (QED) is 0.730. The predicted octanol–water partition coefficient (Wildman–Crippen LogP) is 3.18. The van der Waals surface area contributed by atoms with Crippen molar-refractivity contribution in [1.29, 1.82) is 0 Å². The lowest BCUT2D eigenvalue weighted by Crippen LogP contribution is -2.29. The van der Waals surface area contributed by atoms with Crippen molar-refractivity contribution < 1.29 is 4.79 Å². The minimum absolute atomic E-state index is 0.112.